The maximum absolute atomic E-state index is 12.4. The van der Waals surface area contributed by atoms with E-state index in [-0.39, 0.29) is 11.7 Å². The number of aliphatic imine (C=N–C) groups is 1. The zero-order valence-electron chi connectivity index (χ0n) is 13.6. The standard InChI is InChI=1S/C19H18N2O2S/c1-3-13-8-10-15(11-9-13)20-19-21(2)18(23)17(24-19)12-14-6-4-5-7-16(14)22/h4-12,22H,3H2,1-2H3/b17-12-,20-19?. The van der Waals surface area contributed by atoms with Crippen LogP contribution < -0.4 is 0 Å². The average molecular weight is 338 g/mol. The Bertz CT molecular complexity index is 826. The highest BCUT2D eigenvalue weighted by molar-refractivity contribution is 8.18. The Morgan fingerprint density at radius 1 is 1.17 bits per heavy atom. The van der Waals surface area contributed by atoms with Gasteiger partial charge in [-0.25, -0.2) is 4.99 Å². The second kappa shape index (κ2) is 6.93. The maximum Gasteiger partial charge on any atom is 0.266 e. The van der Waals surface area contributed by atoms with Crippen molar-refractivity contribution < 1.29 is 9.90 Å². The van der Waals surface area contributed by atoms with Crippen LogP contribution in [0.15, 0.2) is 58.4 Å². The molecule has 0 bridgehead atoms. The van der Waals surface area contributed by atoms with Crippen molar-refractivity contribution in [3.8, 4) is 5.75 Å². The fraction of sp³-hybridized carbons (Fsp3) is 0.158. The second-order valence-electron chi connectivity index (χ2n) is 5.45. The van der Waals surface area contributed by atoms with Gasteiger partial charge >= 0.3 is 0 Å². The molecule has 0 spiro atoms. The van der Waals surface area contributed by atoms with Crippen molar-refractivity contribution in [1.82, 2.24) is 4.90 Å². The number of phenols is 1. The Hall–Kier alpha value is -2.53. The number of aromatic hydroxyl groups is 1. The van der Waals surface area contributed by atoms with Gasteiger partial charge in [0.1, 0.15) is 5.75 Å². The molecule has 1 heterocycles. The van der Waals surface area contributed by atoms with Crippen LogP contribution in [0.4, 0.5) is 5.69 Å². The van der Waals surface area contributed by atoms with Crippen LogP contribution in [0.25, 0.3) is 6.08 Å². The van der Waals surface area contributed by atoms with Crippen LogP contribution in [0.1, 0.15) is 18.1 Å². The van der Waals surface area contributed by atoms with Crippen LogP contribution in [-0.4, -0.2) is 28.1 Å². The summed E-state index contributed by atoms with van der Waals surface area (Å²) in [6, 6.07) is 14.9. The monoisotopic (exact) mass is 338 g/mol. The molecule has 3 rings (SSSR count). The topological polar surface area (TPSA) is 52.9 Å². The van der Waals surface area contributed by atoms with Gasteiger partial charge in [-0.2, -0.15) is 0 Å². The molecule has 0 radical (unpaired) electrons. The molecule has 4 nitrogen and oxygen atoms in total. The van der Waals surface area contributed by atoms with Crippen molar-refractivity contribution in [2.75, 3.05) is 7.05 Å². The summed E-state index contributed by atoms with van der Waals surface area (Å²) in [6.45, 7) is 2.11. The fourth-order valence-corrected chi connectivity index (χ4v) is 3.30. The lowest BCUT2D eigenvalue weighted by molar-refractivity contribution is -0.121. The first kappa shape index (κ1) is 16.3. The maximum atomic E-state index is 12.4. The first-order valence-electron chi connectivity index (χ1n) is 7.71. The number of amides is 1. The van der Waals surface area contributed by atoms with E-state index in [1.165, 1.54) is 22.2 Å². The van der Waals surface area contributed by atoms with E-state index in [0.717, 1.165) is 12.1 Å². The molecule has 1 N–H and O–H groups in total. The molecule has 1 aliphatic rings. The molecular weight excluding hydrogens is 320 g/mol. The Labute approximate surface area is 145 Å². The lowest BCUT2D eigenvalue weighted by atomic mass is 10.2. The van der Waals surface area contributed by atoms with E-state index in [9.17, 15) is 9.90 Å². The summed E-state index contributed by atoms with van der Waals surface area (Å²) in [5.74, 6) is 0.0359. The Morgan fingerprint density at radius 2 is 1.88 bits per heavy atom. The minimum Gasteiger partial charge on any atom is -0.507 e. The van der Waals surface area contributed by atoms with Crippen LogP contribution >= 0.6 is 11.8 Å². The first-order chi connectivity index (χ1) is 11.6. The van der Waals surface area contributed by atoms with E-state index in [0.29, 0.717) is 15.6 Å². The van der Waals surface area contributed by atoms with Gasteiger partial charge in [0, 0.05) is 12.6 Å². The number of aryl methyl sites for hydroxylation is 1. The van der Waals surface area contributed by atoms with E-state index in [1.54, 1.807) is 31.3 Å². The fourth-order valence-electron chi connectivity index (χ4n) is 2.32. The Morgan fingerprint density at radius 3 is 2.54 bits per heavy atom. The third-order valence-electron chi connectivity index (χ3n) is 3.80. The molecule has 1 saturated heterocycles. The second-order valence-corrected chi connectivity index (χ2v) is 6.46. The van der Waals surface area contributed by atoms with Crippen molar-refractivity contribution in [2.45, 2.75) is 13.3 Å². The zero-order valence-corrected chi connectivity index (χ0v) is 14.4. The number of para-hydroxylation sites is 1. The zero-order chi connectivity index (χ0) is 17.1. The quantitative estimate of drug-likeness (QED) is 0.854. The van der Waals surface area contributed by atoms with E-state index in [1.807, 2.05) is 30.3 Å². The third-order valence-corrected chi connectivity index (χ3v) is 4.86. The van der Waals surface area contributed by atoms with Gasteiger partial charge in [0.15, 0.2) is 5.17 Å². The van der Waals surface area contributed by atoms with Crippen LogP contribution in [0, 0.1) is 0 Å². The number of nitrogens with zero attached hydrogens (tertiary/aromatic N) is 2. The van der Waals surface area contributed by atoms with Crippen molar-refractivity contribution in [3.05, 3.63) is 64.6 Å². The predicted octanol–water partition coefficient (Wildman–Crippen LogP) is 4.19. The summed E-state index contributed by atoms with van der Waals surface area (Å²) in [5, 5.41) is 10.5. The summed E-state index contributed by atoms with van der Waals surface area (Å²) in [4.78, 5) is 19.0. The van der Waals surface area contributed by atoms with Gasteiger partial charge in [-0.3, -0.25) is 9.69 Å². The van der Waals surface area contributed by atoms with E-state index >= 15 is 0 Å². The summed E-state index contributed by atoms with van der Waals surface area (Å²) in [7, 11) is 1.71. The lowest BCUT2D eigenvalue weighted by Crippen LogP contribution is -2.23. The molecule has 1 fully saturated rings. The molecule has 5 heteroatoms. The van der Waals surface area contributed by atoms with Gasteiger partial charge in [0.25, 0.3) is 5.91 Å². The largest absolute Gasteiger partial charge is 0.507 e. The number of carbonyl (C=O) groups is 1. The molecule has 0 saturated carbocycles. The number of rotatable bonds is 3. The number of thioether (sulfide) groups is 1. The van der Waals surface area contributed by atoms with Gasteiger partial charge < -0.3 is 5.11 Å². The van der Waals surface area contributed by atoms with Gasteiger partial charge in [-0.1, -0.05) is 37.3 Å². The van der Waals surface area contributed by atoms with Crippen molar-refractivity contribution >= 4 is 34.6 Å². The van der Waals surface area contributed by atoms with Crippen molar-refractivity contribution in [3.63, 3.8) is 0 Å². The smallest absolute Gasteiger partial charge is 0.266 e. The Balaban J connectivity index is 1.88. The number of benzene rings is 2. The summed E-state index contributed by atoms with van der Waals surface area (Å²) < 4.78 is 0. The van der Waals surface area contributed by atoms with Gasteiger partial charge in [0.2, 0.25) is 0 Å². The van der Waals surface area contributed by atoms with E-state index in [4.69, 9.17) is 0 Å². The Kier molecular flexibility index (Phi) is 4.71. The van der Waals surface area contributed by atoms with Crippen LogP contribution in [0.5, 0.6) is 5.75 Å². The summed E-state index contributed by atoms with van der Waals surface area (Å²) in [5.41, 5.74) is 2.69. The average Bonchev–Trinajstić information content (AvgIpc) is 2.86. The molecule has 0 unspecified atom stereocenters. The minimum absolute atomic E-state index is 0.118. The normalized spacial score (nSPS) is 17.9. The molecule has 0 aromatic heterocycles. The molecule has 1 aliphatic heterocycles. The number of phenolic OH excluding ortho intramolecular Hbond substituents is 1. The van der Waals surface area contributed by atoms with Gasteiger partial charge in [0.05, 0.1) is 10.6 Å². The molecule has 0 aliphatic carbocycles. The molecule has 2 aromatic carbocycles. The third kappa shape index (κ3) is 3.36. The van der Waals surface area contributed by atoms with Crippen LogP contribution in [-0.2, 0) is 11.2 Å². The molecular formula is C19H18N2O2S. The molecule has 122 valence electrons. The predicted molar refractivity (Wildman–Crippen MR) is 99.4 cm³/mol. The highest BCUT2D eigenvalue weighted by Gasteiger charge is 2.30. The summed E-state index contributed by atoms with van der Waals surface area (Å²) >= 11 is 1.31. The van der Waals surface area contributed by atoms with Crippen LogP contribution in [0.3, 0.4) is 0 Å². The number of likely N-dealkylation sites (N-methyl/N-ethyl adjacent to an activating group) is 1. The summed E-state index contributed by atoms with van der Waals surface area (Å²) in [6.07, 6.45) is 2.68. The number of hydrogen-bond acceptors (Lipinski definition) is 4. The minimum atomic E-state index is -0.118. The number of hydrogen-bond donors (Lipinski definition) is 1. The molecule has 24 heavy (non-hydrogen) atoms. The van der Waals surface area contributed by atoms with E-state index < -0.39 is 0 Å². The van der Waals surface area contributed by atoms with Gasteiger partial charge in [-0.05, 0) is 48.0 Å². The number of amidine groups is 1. The lowest BCUT2D eigenvalue weighted by Gasteiger charge is -2.07. The van der Waals surface area contributed by atoms with Crippen LogP contribution in [0.2, 0.25) is 0 Å². The SMILES string of the molecule is CCc1ccc(N=C2S/C(=C\c3ccccc3O)C(=O)N2C)cc1. The first-order valence-corrected chi connectivity index (χ1v) is 8.53. The van der Waals surface area contributed by atoms with Crippen molar-refractivity contribution in [1.29, 1.82) is 0 Å². The number of carbonyl (C=O) groups excluding carboxylic acids is 1. The highest BCUT2D eigenvalue weighted by Crippen LogP contribution is 2.34. The molecule has 2 aromatic rings. The van der Waals surface area contributed by atoms with Crippen molar-refractivity contribution in [2.24, 2.45) is 4.99 Å². The molecule has 0 atom stereocenters. The highest BCUT2D eigenvalue weighted by atomic mass is 32.2. The molecule has 1 amide bonds. The van der Waals surface area contributed by atoms with E-state index in [2.05, 4.69) is 11.9 Å². The van der Waals surface area contributed by atoms with Gasteiger partial charge in [-0.15, -0.1) is 0 Å².